The number of aliphatic hydroxyl groups is 1. The van der Waals surface area contributed by atoms with E-state index in [2.05, 4.69) is 80.3 Å². The molecule has 4 atom stereocenters. The van der Waals surface area contributed by atoms with Crippen LogP contribution in [0.15, 0.2) is 72.8 Å². The Balaban J connectivity index is 1.52. The van der Waals surface area contributed by atoms with Gasteiger partial charge in [-0.3, -0.25) is 0 Å². The van der Waals surface area contributed by atoms with Crippen molar-refractivity contribution in [2.45, 2.75) is 129 Å². The Morgan fingerprint density at radius 2 is 1.26 bits per heavy atom. The van der Waals surface area contributed by atoms with Gasteiger partial charge in [0.05, 0.1) is 18.8 Å². The van der Waals surface area contributed by atoms with Gasteiger partial charge < -0.3 is 25.2 Å². The molecule has 3 aromatic rings. The van der Waals surface area contributed by atoms with Crippen LogP contribution in [0.25, 0.3) is 11.1 Å². The van der Waals surface area contributed by atoms with E-state index in [4.69, 9.17) is 15.2 Å². The molecule has 47 heavy (non-hydrogen) atoms. The van der Waals surface area contributed by atoms with Crippen LogP contribution < -0.4 is 5.73 Å². The van der Waals surface area contributed by atoms with E-state index in [1.54, 1.807) is 0 Å². The van der Waals surface area contributed by atoms with Crippen molar-refractivity contribution in [2.75, 3.05) is 19.6 Å². The topological polar surface area (TPSA) is 68.0 Å². The fourth-order valence-corrected chi connectivity index (χ4v) is 6.91. The zero-order valence-electron chi connectivity index (χ0n) is 29.5. The number of nitrogens with zero attached hydrogens (tertiary/aromatic N) is 1. The summed E-state index contributed by atoms with van der Waals surface area (Å²) in [4.78, 5) is 2.68. The number of hydrogen-bond acceptors (Lipinski definition) is 5. The molecule has 3 aromatic carbocycles. The monoisotopic (exact) mass is 642 g/mol. The molecule has 1 saturated heterocycles. The first-order valence-electron chi connectivity index (χ1n) is 18.7. The van der Waals surface area contributed by atoms with Crippen LogP contribution >= 0.6 is 0 Å². The van der Waals surface area contributed by atoms with Crippen molar-refractivity contribution in [2.24, 2.45) is 11.7 Å². The van der Waals surface area contributed by atoms with E-state index in [0.29, 0.717) is 6.54 Å². The average molecular weight is 643 g/mol. The Bertz CT molecular complexity index is 1250. The SMILES string of the molecule is CCCCCCCCN(CCCCCCCC)C[C@@H]1O[C@H](c2ccc(-c3ccccc3CN)cc2)O[C@H](c2ccc(CO)cc2)[C@@H]1C. The molecule has 0 aliphatic carbocycles. The third-order valence-electron chi connectivity index (χ3n) is 9.95. The molecule has 5 heteroatoms. The lowest BCUT2D eigenvalue weighted by Crippen LogP contribution is -2.45. The minimum atomic E-state index is -0.456. The summed E-state index contributed by atoms with van der Waals surface area (Å²) < 4.78 is 13.7. The summed E-state index contributed by atoms with van der Waals surface area (Å²) in [5, 5.41) is 9.66. The van der Waals surface area contributed by atoms with E-state index in [0.717, 1.165) is 47.5 Å². The van der Waals surface area contributed by atoms with Gasteiger partial charge in [-0.2, -0.15) is 0 Å². The standard InChI is InChI=1S/C42H62N2O3/c1-4-6-8-10-12-16-28-44(29-17-13-11-9-7-5-2)31-40-33(3)41(36-22-20-34(32-45)21-23-36)47-42(46-40)37-26-24-35(25-27-37)39-19-15-14-18-38(39)30-43/h14-15,18-27,33,40-42,45H,4-13,16-17,28-32,43H2,1-3H3/t33-,40+,41+,42+/m1/s1. The quantitative estimate of drug-likeness (QED) is 0.113. The summed E-state index contributed by atoms with van der Waals surface area (Å²) >= 11 is 0. The van der Waals surface area contributed by atoms with E-state index >= 15 is 0 Å². The van der Waals surface area contributed by atoms with E-state index in [1.165, 1.54) is 82.6 Å². The van der Waals surface area contributed by atoms with Crippen LogP contribution in [0.2, 0.25) is 0 Å². The Hall–Kier alpha value is -2.54. The van der Waals surface area contributed by atoms with Gasteiger partial charge in [0.2, 0.25) is 0 Å². The van der Waals surface area contributed by atoms with E-state index in [-0.39, 0.29) is 24.7 Å². The second-order valence-electron chi connectivity index (χ2n) is 13.6. The molecule has 1 heterocycles. The van der Waals surface area contributed by atoms with Crippen LogP contribution in [-0.2, 0) is 22.6 Å². The molecular weight excluding hydrogens is 580 g/mol. The highest BCUT2D eigenvalue weighted by Gasteiger charge is 2.39. The Morgan fingerprint density at radius 1 is 0.681 bits per heavy atom. The summed E-state index contributed by atoms with van der Waals surface area (Å²) in [5.74, 6) is 0.179. The maximum Gasteiger partial charge on any atom is 0.184 e. The highest BCUT2D eigenvalue weighted by Crippen LogP contribution is 2.42. The van der Waals surface area contributed by atoms with Gasteiger partial charge in [-0.15, -0.1) is 0 Å². The van der Waals surface area contributed by atoms with Gasteiger partial charge in [-0.05, 0) is 53.7 Å². The summed E-state index contributed by atoms with van der Waals surface area (Å²) in [7, 11) is 0. The number of ether oxygens (including phenoxy) is 2. The molecule has 258 valence electrons. The molecule has 1 aliphatic rings. The smallest absolute Gasteiger partial charge is 0.184 e. The molecule has 0 amide bonds. The van der Waals surface area contributed by atoms with Crippen molar-refractivity contribution >= 4 is 0 Å². The van der Waals surface area contributed by atoms with Gasteiger partial charge >= 0.3 is 0 Å². The van der Waals surface area contributed by atoms with E-state index in [1.807, 2.05) is 18.2 Å². The minimum absolute atomic E-state index is 0.0362. The first kappa shape index (κ1) is 37.3. The molecule has 0 radical (unpaired) electrons. The normalized spacial score (nSPS) is 19.8. The maximum absolute atomic E-state index is 9.66. The highest BCUT2D eigenvalue weighted by molar-refractivity contribution is 5.67. The van der Waals surface area contributed by atoms with Gasteiger partial charge in [0.25, 0.3) is 0 Å². The molecule has 0 spiro atoms. The van der Waals surface area contributed by atoms with Crippen LogP contribution in [0.4, 0.5) is 0 Å². The second kappa shape index (κ2) is 20.7. The largest absolute Gasteiger partial charge is 0.392 e. The molecule has 0 bridgehead atoms. The van der Waals surface area contributed by atoms with E-state index < -0.39 is 6.29 Å². The number of benzene rings is 3. The van der Waals surface area contributed by atoms with Crippen LogP contribution in [-0.4, -0.2) is 35.7 Å². The minimum Gasteiger partial charge on any atom is -0.392 e. The third kappa shape index (κ3) is 11.5. The van der Waals surface area contributed by atoms with E-state index in [9.17, 15) is 5.11 Å². The summed E-state index contributed by atoms with van der Waals surface area (Å²) in [5.41, 5.74) is 12.6. The van der Waals surface area contributed by atoms with Gasteiger partial charge in [0.1, 0.15) is 0 Å². The molecule has 1 aliphatic heterocycles. The van der Waals surface area contributed by atoms with Gasteiger partial charge in [0.15, 0.2) is 6.29 Å². The molecule has 1 fully saturated rings. The summed E-state index contributed by atoms with van der Waals surface area (Å²) in [6.45, 7) is 10.6. The predicted octanol–water partition coefficient (Wildman–Crippen LogP) is 10.1. The predicted molar refractivity (Wildman–Crippen MR) is 196 cm³/mol. The molecule has 0 unspecified atom stereocenters. The zero-order valence-corrected chi connectivity index (χ0v) is 29.5. The van der Waals surface area contributed by atoms with Crippen LogP contribution in [0, 0.1) is 5.92 Å². The highest BCUT2D eigenvalue weighted by atomic mass is 16.7. The van der Waals surface area contributed by atoms with Crippen molar-refractivity contribution in [1.82, 2.24) is 4.90 Å². The van der Waals surface area contributed by atoms with Crippen LogP contribution in [0.5, 0.6) is 0 Å². The number of rotatable bonds is 21. The average Bonchev–Trinajstić information content (AvgIpc) is 3.12. The molecule has 4 rings (SSSR count). The Kier molecular flexibility index (Phi) is 16.5. The molecule has 5 nitrogen and oxygen atoms in total. The lowest BCUT2D eigenvalue weighted by Gasteiger charge is -2.43. The maximum atomic E-state index is 9.66. The fraction of sp³-hybridized carbons (Fsp3) is 0.571. The van der Waals surface area contributed by atoms with Crippen LogP contribution in [0.1, 0.15) is 132 Å². The lowest BCUT2D eigenvalue weighted by molar-refractivity contribution is -0.276. The molecule has 0 saturated carbocycles. The number of hydrogen-bond donors (Lipinski definition) is 2. The van der Waals surface area contributed by atoms with Crippen molar-refractivity contribution in [3.05, 3.63) is 95.1 Å². The Morgan fingerprint density at radius 3 is 1.85 bits per heavy atom. The second-order valence-corrected chi connectivity index (χ2v) is 13.6. The molecule has 0 aromatic heterocycles. The molecule has 3 N–H and O–H groups in total. The first-order valence-corrected chi connectivity index (χ1v) is 18.7. The fourth-order valence-electron chi connectivity index (χ4n) is 6.91. The number of aliphatic hydroxyl groups excluding tert-OH is 1. The summed E-state index contributed by atoms with van der Waals surface area (Å²) in [6, 6.07) is 25.2. The van der Waals surface area contributed by atoms with Gasteiger partial charge in [-0.25, -0.2) is 0 Å². The lowest BCUT2D eigenvalue weighted by atomic mass is 9.89. The summed E-state index contributed by atoms with van der Waals surface area (Å²) in [6.07, 6.45) is 15.2. The van der Waals surface area contributed by atoms with Crippen LogP contribution in [0.3, 0.4) is 0 Å². The van der Waals surface area contributed by atoms with Gasteiger partial charge in [0, 0.05) is 24.6 Å². The first-order chi connectivity index (χ1) is 23.1. The van der Waals surface area contributed by atoms with Crippen molar-refractivity contribution < 1.29 is 14.6 Å². The number of unbranched alkanes of at least 4 members (excludes halogenated alkanes) is 10. The molecular formula is C42H62N2O3. The van der Waals surface area contributed by atoms with Gasteiger partial charge in [-0.1, -0.05) is 158 Å². The van der Waals surface area contributed by atoms with Crippen molar-refractivity contribution in [1.29, 1.82) is 0 Å². The third-order valence-corrected chi connectivity index (χ3v) is 9.95. The number of nitrogens with two attached hydrogens (primary N) is 1. The zero-order chi connectivity index (χ0) is 33.3. The van der Waals surface area contributed by atoms with Crippen molar-refractivity contribution in [3.8, 4) is 11.1 Å². The Labute approximate surface area is 285 Å². The van der Waals surface area contributed by atoms with Crippen molar-refractivity contribution in [3.63, 3.8) is 0 Å².